The number of aryl methyl sites for hydroxylation is 1. The molecule has 0 aromatic heterocycles. The molecule has 2 rings (SSSR count). The third kappa shape index (κ3) is 1.68. The van der Waals surface area contributed by atoms with Crippen LogP contribution in [0, 0.1) is 6.92 Å². The third-order valence-corrected chi connectivity index (χ3v) is 2.40. The summed E-state index contributed by atoms with van der Waals surface area (Å²) < 4.78 is 5.77. The van der Waals surface area contributed by atoms with Crippen LogP contribution in [0.2, 0.25) is 0 Å². The van der Waals surface area contributed by atoms with Crippen LogP contribution in [0.5, 0.6) is 5.75 Å². The van der Waals surface area contributed by atoms with Crippen LogP contribution in [0.1, 0.15) is 11.1 Å². The molecule has 0 fully saturated rings. The lowest BCUT2D eigenvalue weighted by molar-refractivity contribution is 0.231. The second kappa shape index (κ2) is 3.38. The minimum atomic E-state index is 0.321. The number of benzene rings is 1. The van der Waals surface area contributed by atoms with E-state index in [2.05, 4.69) is 30.4 Å². The lowest BCUT2D eigenvalue weighted by Crippen LogP contribution is -2.27. The first-order valence-electron chi connectivity index (χ1n) is 4.70. The van der Waals surface area contributed by atoms with Crippen molar-refractivity contribution in [1.29, 1.82) is 0 Å². The lowest BCUT2D eigenvalue weighted by Gasteiger charge is -2.08. The summed E-state index contributed by atoms with van der Waals surface area (Å²) in [7, 11) is 1.96. The Bertz CT molecular complexity index is 309. The third-order valence-electron chi connectivity index (χ3n) is 2.40. The fraction of sp³-hybridized carbons (Fsp3) is 0.455. The summed E-state index contributed by atoms with van der Waals surface area (Å²) in [6.07, 6.45) is 1.36. The maximum Gasteiger partial charge on any atom is 0.123 e. The van der Waals surface area contributed by atoms with E-state index in [1.165, 1.54) is 11.1 Å². The van der Waals surface area contributed by atoms with Crippen LogP contribution < -0.4 is 10.1 Å². The fourth-order valence-electron chi connectivity index (χ4n) is 1.75. The molecule has 1 aliphatic heterocycles. The summed E-state index contributed by atoms with van der Waals surface area (Å²) in [5.41, 5.74) is 2.61. The van der Waals surface area contributed by atoms with Gasteiger partial charge in [0.1, 0.15) is 11.9 Å². The molecule has 1 N–H and O–H groups in total. The highest BCUT2D eigenvalue weighted by atomic mass is 16.5. The summed E-state index contributed by atoms with van der Waals surface area (Å²) >= 11 is 0. The number of hydrogen-bond donors (Lipinski definition) is 1. The molecule has 2 nitrogen and oxygen atoms in total. The maximum absolute atomic E-state index is 5.77. The minimum absolute atomic E-state index is 0.321. The second-order valence-corrected chi connectivity index (χ2v) is 3.61. The first-order valence-corrected chi connectivity index (χ1v) is 4.70. The van der Waals surface area contributed by atoms with Crippen molar-refractivity contribution in [3.63, 3.8) is 0 Å². The van der Waals surface area contributed by atoms with Gasteiger partial charge in [0.15, 0.2) is 0 Å². The zero-order valence-corrected chi connectivity index (χ0v) is 8.13. The van der Waals surface area contributed by atoms with Crippen LogP contribution in [0.25, 0.3) is 0 Å². The molecule has 1 heterocycles. The van der Waals surface area contributed by atoms with Crippen LogP contribution in [-0.4, -0.2) is 19.7 Å². The molecule has 1 unspecified atom stereocenters. The Kier molecular flexibility index (Phi) is 2.23. The molecule has 0 saturated heterocycles. The SMILES string of the molecule is CNCC1Cc2ccc(C)cc2O1. The van der Waals surface area contributed by atoms with E-state index in [9.17, 15) is 0 Å². The molecule has 1 aliphatic rings. The monoisotopic (exact) mass is 177 g/mol. The van der Waals surface area contributed by atoms with E-state index >= 15 is 0 Å². The van der Waals surface area contributed by atoms with E-state index in [4.69, 9.17) is 4.74 Å². The standard InChI is InChI=1S/C11H15NO/c1-8-3-4-9-6-10(7-12-2)13-11(9)5-8/h3-5,10,12H,6-7H2,1-2H3. The van der Waals surface area contributed by atoms with Gasteiger partial charge < -0.3 is 10.1 Å². The van der Waals surface area contributed by atoms with Crippen molar-refractivity contribution in [2.45, 2.75) is 19.4 Å². The fourth-order valence-corrected chi connectivity index (χ4v) is 1.75. The molecule has 1 aromatic rings. The predicted molar refractivity (Wildman–Crippen MR) is 53.2 cm³/mol. The van der Waals surface area contributed by atoms with Crippen molar-refractivity contribution in [2.24, 2.45) is 0 Å². The quantitative estimate of drug-likeness (QED) is 0.739. The van der Waals surface area contributed by atoms with Crippen molar-refractivity contribution in [2.75, 3.05) is 13.6 Å². The van der Waals surface area contributed by atoms with Crippen molar-refractivity contribution in [3.8, 4) is 5.75 Å². The van der Waals surface area contributed by atoms with Crippen LogP contribution in [0.4, 0.5) is 0 Å². The molecule has 1 aromatic carbocycles. The van der Waals surface area contributed by atoms with E-state index in [0.717, 1.165) is 18.7 Å². The molecule has 0 spiro atoms. The van der Waals surface area contributed by atoms with Gasteiger partial charge in [-0.25, -0.2) is 0 Å². The van der Waals surface area contributed by atoms with Gasteiger partial charge in [0.2, 0.25) is 0 Å². The number of likely N-dealkylation sites (N-methyl/N-ethyl adjacent to an activating group) is 1. The van der Waals surface area contributed by atoms with E-state index in [0.29, 0.717) is 6.10 Å². The second-order valence-electron chi connectivity index (χ2n) is 3.61. The van der Waals surface area contributed by atoms with Gasteiger partial charge in [0, 0.05) is 13.0 Å². The van der Waals surface area contributed by atoms with E-state index in [1.54, 1.807) is 0 Å². The number of nitrogens with one attached hydrogen (secondary N) is 1. The zero-order valence-electron chi connectivity index (χ0n) is 8.13. The molecule has 2 heteroatoms. The minimum Gasteiger partial charge on any atom is -0.488 e. The Morgan fingerprint density at radius 3 is 3.15 bits per heavy atom. The van der Waals surface area contributed by atoms with E-state index in [-0.39, 0.29) is 0 Å². The molecule has 0 bridgehead atoms. The van der Waals surface area contributed by atoms with Gasteiger partial charge in [-0.05, 0) is 31.2 Å². The molecule has 0 radical (unpaired) electrons. The molecule has 0 saturated carbocycles. The van der Waals surface area contributed by atoms with Crippen LogP contribution >= 0.6 is 0 Å². The van der Waals surface area contributed by atoms with E-state index < -0.39 is 0 Å². The van der Waals surface area contributed by atoms with Gasteiger partial charge in [0.05, 0.1) is 0 Å². The Hall–Kier alpha value is -1.02. The lowest BCUT2D eigenvalue weighted by atomic mass is 10.1. The van der Waals surface area contributed by atoms with Gasteiger partial charge in [-0.15, -0.1) is 0 Å². The van der Waals surface area contributed by atoms with Crippen LogP contribution in [-0.2, 0) is 6.42 Å². The Morgan fingerprint density at radius 1 is 1.54 bits per heavy atom. The first kappa shape index (κ1) is 8.57. The normalized spacial score (nSPS) is 19.7. The molecular weight excluding hydrogens is 162 g/mol. The van der Waals surface area contributed by atoms with Crippen molar-refractivity contribution >= 4 is 0 Å². The molecular formula is C11H15NO. The Balaban J connectivity index is 2.16. The number of hydrogen-bond acceptors (Lipinski definition) is 2. The van der Waals surface area contributed by atoms with Crippen molar-refractivity contribution in [3.05, 3.63) is 29.3 Å². The molecule has 0 amide bonds. The average Bonchev–Trinajstić information content (AvgIpc) is 2.46. The maximum atomic E-state index is 5.77. The Morgan fingerprint density at radius 2 is 2.38 bits per heavy atom. The van der Waals surface area contributed by atoms with Crippen molar-refractivity contribution < 1.29 is 4.74 Å². The highest BCUT2D eigenvalue weighted by molar-refractivity contribution is 5.40. The summed E-state index contributed by atoms with van der Waals surface area (Å²) in [6, 6.07) is 6.43. The highest BCUT2D eigenvalue weighted by Crippen LogP contribution is 2.29. The molecule has 70 valence electrons. The van der Waals surface area contributed by atoms with Gasteiger partial charge in [0.25, 0.3) is 0 Å². The number of rotatable bonds is 2. The van der Waals surface area contributed by atoms with Crippen molar-refractivity contribution in [1.82, 2.24) is 5.32 Å². The van der Waals surface area contributed by atoms with Crippen LogP contribution in [0.15, 0.2) is 18.2 Å². The summed E-state index contributed by atoms with van der Waals surface area (Å²) in [6.45, 7) is 3.02. The number of fused-ring (bicyclic) bond motifs is 1. The molecule has 0 aliphatic carbocycles. The largest absolute Gasteiger partial charge is 0.488 e. The Labute approximate surface area is 78.9 Å². The summed E-state index contributed by atoms with van der Waals surface area (Å²) in [5.74, 6) is 1.07. The first-order chi connectivity index (χ1) is 6.29. The zero-order chi connectivity index (χ0) is 9.26. The smallest absolute Gasteiger partial charge is 0.123 e. The topological polar surface area (TPSA) is 21.3 Å². The van der Waals surface area contributed by atoms with Gasteiger partial charge in [-0.2, -0.15) is 0 Å². The van der Waals surface area contributed by atoms with Crippen LogP contribution in [0.3, 0.4) is 0 Å². The summed E-state index contributed by atoms with van der Waals surface area (Å²) in [5, 5.41) is 3.13. The summed E-state index contributed by atoms with van der Waals surface area (Å²) in [4.78, 5) is 0. The van der Waals surface area contributed by atoms with Gasteiger partial charge >= 0.3 is 0 Å². The highest BCUT2D eigenvalue weighted by Gasteiger charge is 2.21. The molecule has 1 atom stereocenters. The van der Waals surface area contributed by atoms with Gasteiger partial charge in [-0.1, -0.05) is 12.1 Å². The average molecular weight is 177 g/mol. The number of ether oxygens (including phenoxy) is 1. The van der Waals surface area contributed by atoms with E-state index in [1.807, 2.05) is 7.05 Å². The predicted octanol–water partition coefficient (Wildman–Crippen LogP) is 1.52. The molecule has 13 heavy (non-hydrogen) atoms. The van der Waals surface area contributed by atoms with Gasteiger partial charge in [-0.3, -0.25) is 0 Å².